The molecule has 7 heteroatoms. The zero-order valence-electron chi connectivity index (χ0n) is 15.8. The number of benzene rings is 1. The number of hydrogen-bond donors (Lipinski definition) is 1. The summed E-state index contributed by atoms with van der Waals surface area (Å²) in [5.74, 6) is 0.495. The van der Waals surface area contributed by atoms with Gasteiger partial charge in [0.1, 0.15) is 0 Å². The Hall–Kier alpha value is -3.22. The number of nitrogens with one attached hydrogen (secondary N) is 1. The van der Waals surface area contributed by atoms with Gasteiger partial charge in [0, 0.05) is 18.3 Å². The lowest BCUT2D eigenvalue weighted by Gasteiger charge is -2.09. The van der Waals surface area contributed by atoms with E-state index < -0.39 is 0 Å². The highest BCUT2D eigenvalue weighted by Gasteiger charge is 2.08. The standard InChI is InChI=1S/C20H23N5O2/c1-14-5-4-6-17(11-14)13-19(26)21-9-10-24-20(27)8-7-18(23-24)25-16(3)12-15(2)22-25/h4-8,11-12H,9-10,13H2,1-3H3,(H,21,26). The van der Waals surface area contributed by atoms with E-state index in [1.54, 1.807) is 10.7 Å². The zero-order chi connectivity index (χ0) is 19.4. The first-order valence-electron chi connectivity index (χ1n) is 8.86. The molecule has 0 aliphatic rings. The Morgan fingerprint density at radius 1 is 1.07 bits per heavy atom. The number of aryl methyl sites for hydroxylation is 3. The Bertz CT molecular complexity index is 1020. The number of carbonyl (C=O) groups excluding carboxylic acids is 1. The monoisotopic (exact) mass is 365 g/mol. The Morgan fingerprint density at radius 2 is 1.89 bits per heavy atom. The van der Waals surface area contributed by atoms with Crippen LogP contribution in [0.1, 0.15) is 22.5 Å². The van der Waals surface area contributed by atoms with Crippen molar-refractivity contribution < 1.29 is 4.79 Å². The topological polar surface area (TPSA) is 81.8 Å². The van der Waals surface area contributed by atoms with Gasteiger partial charge < -0.3 is 5.32 Å². The molecule has 0 spiro atoms. The molecule has 27 heavy (non-hydrogen) atoms. The van der Waals surface area contributed by atoms with Crippen LogP contribution in [0.15, 0.2) is 47.3 Å². The average molecular weight is 365 g/mol. The third-order valence-electron chi connectivity index (χ3n) is 4.17. The highest BCUT2D eigenvalue weighted by molar-refractivity contribution is 5.78. The molecule has 0 bridgehead atoms. The molecule has 3 rings (SSSR count). The van der Waals surface area contributed by atoms with Gasteiger partial charge in [-0.05, 0) is 38.5 Å². The fraction of sp³-hybridized carbons (Fsp3) is 0.300. The summed E-state index contributed by atoms with van der Waals surface area (Å²) >= 11 is 0. The molecular weight excluding hydrogens is 342 g/mol. The number of aromatic nitrogens is 4. The molecule has 2 aromatic heterocycles. The summed E-state index contributed by atoms with van der Waals surface area (Å²) in [6, 6.07) is 12.9. The number of carbonyl (C=O) groups is 1. The quantitative estimate of drug-likeness (QED) is 0.721. The predicted octanol–water partition coefficient (Wildman–Crippen LogP) is 1.71. The van der Waals surface area contributed by atoms with Crippen LogP contribution in [0.2, 0.25) is 0 Å². The van der Waals surface area contributed by atoms with Crippen molar-refractivity contribution in [2.24, 2.45) is 0 Å². The van der Waals surface area contributed by atoms with Crippen LogP contribution in [0, 0.1) is 20.8 Å². The maximum Gasteiger partial charge on any atom is 0.266 e. The first-order chi connectivity index (χ1) is 12.9. The Balaban J connectivity index is 1.62. The lowest BCUT2D eigenvalue weighted by Crippen LogP contribution is -2.33. The van der Waals surface area contributed by atoms with Gasteiger partial charge in [0.15, 0.2) is 5.82 Å². The van der Waals surface area contributed by atoms with Gasteiger partial charge in [-0.3, -0.25) is 9.59 Å². The van der Waals surface area contributed by atoms with E-state index in [0.29, 0.717) is 25.3 Å². The molecule has 0 radical (unpaired) electrons. The van der Waals surface area contributed by atoms with E-state index in [1.165, 1.54) is 10.7 Å². The molecule has 7 nitrogen and oxygen atoms in total. The second kappa shape index (κ2) is 7.99. The third-order valence-corrected chi connectivity index (χ3v) is 4.17. The van der Waals surface area contributed by atoms with Gasteiger partial charge in [0.05, 0.1) is 18.7 Å². The maximum absolute atomic E-state index is 12.1. The van der Waals surface area contributed by atoms with Crippen LogP contribution in [0.5, 0.6) is 0 Å². The molecule has 1 aromatic carbocycles. The van der Waals surface area contributed by atoms with Gasteiger partial charge in [0.2, 0.25) is 5.91 Å². The molecule has 0 aliphatic carbocycles. The van der Waals surface area contributed by atoms with E-state index in [0.717, 1.165) is 22.5 Å². The maximum atomic E-state index is 12.1. The molecule has 0 aliphatic heterocycles. The van der Waals surface area contributed by atoms with Crippen LogP contribution in [0.3, 0.4) is 0 Å². The van der Waals surface area contributed by atoms with Crippen molar-refractivity contribution in [2.75, 3.05) is 6.54 Å². The molecule has 0 atom stereocenters. The SMILES string of the molecule is Cc1cccc(CC(=O)NCCn2nc(-n3nc(C)cc3C)ccc2=O)c1. The zero-order valence-corrected chi connectivity index (χ0v) is 15.8. The van der Waals surface area contributed by atoms with Gasteiger partial charge in [-0.25, -0.2) is 9.36 Å². The highest BCUT2D eigenvalue weighted by atomic mass is 16.1. The van der Waals surface area contributed by atoms with Crippen molar-refractivity contribution in [3.63, 3.8) is 0 Å². The smallest absolute Gasteiger partial charge is 0.266 e. The van der Waals surface area contributed by atoms with Crippen molar-refractivity contribution in [3.05, 3.63) is 75.3 Å². The van der Waals surface area contributed by atoms with Gasteiger partial charge in [0.25, 0.3) is 5.56 Å². The number of hydrogen-bond acceptors (Lipinski definition) is 4. The summed E-state index contributed by atoms with van der Waals surface area (Å²) in [5.41, 5.74) is 3.70. The number of amides is 1. The largest absolute Gasteiger partial charge is 0.354 e. The molecule has 140 valence electrons. The fourth-order valence-electron chi connectivity index (χ4n) is 2.94. The van der Waals surface area contributed by atoms with Gasteiger partial charge in [-0.2, -0.15) is 5.10 Å². The van der Waals surface area contributed by atoms with Crippen LogP contribution in [0.25, 0.3) is 5.82 Å². The second-order valence-electron chi connectivity index (χ2n) is 6.61. The van der Waals surface area contributed by atoms with Crippen LogP contribution in [-0.4, -0.2) is 32.0 Å². The minimum Gasteiger partial charge on any atom is -0.354 e. The summed E-state index contributed by atoms with van der Waals surface area (Å²) in [4.78, 5) is 24.2. The van der Waals surface area contributed by atoms with Crippen LogP contribution in [-0.2, 0) is 17.8 Å². The van der Waals surface area contributed by atoms with Gasteiger partial charge in [-0.1, -0.05) is 29.8 Å². The van der Waals surface area contributed by atoms with E-state index in [-0.39, 0.29) is 11.5 Å². The average Bonchev–Trinajstić information content (AvgIpc) is 2.95. The van der Waals surface area contributed by atoms with Crippen LogP contribution < -0.4 is 10.9 Å². The predicted molar refractivity (Wildman–Crippen MR) is 103 cm³/mol. The molecule has 0 saturated carbocycles. The van der Waals surface area contributed by atoms with Crippen molar-refractivity contribution in [2.45, 2.75) is 33.7 Å². The summed E-state index contributed by atoms with van der Waals surface area (Å²) in [6.07, 6.45) is 0.315. The first kappa shape index (κ1) is 18.6. The van der Waals surface area contributed by atoms with E-state index in [1.807, 2.05) is 51.1 Å². The van der Waals surface area contributed by atoms with Gasteiger partial charge >= 0.3 is 0 Å². The lowest BCUT2D eigenvalue weighted by molar-refractivity contribution is -0.120. The van der Waals surface area contributed by atoms with E-state index in [4.69, 9.17) is 0 Å². The Morgan fingerprint density at radius 3 is 2.59 bits per heavy atom. The molecule has 0 unspecified atom stereocenters. The molecule has 3 aromatic rings. The fourth-order valence-corrected chi connectivity index (χ4v) is 2.94. The number of rotatable bonds is 6. The van der Waals surface area contributed by atoms with Crippen molar-refractivity contribution in [1.82, 2.24) is 24.9 Å². The first-order valence-corrected chi connectivity index (χ1v) is 8.86. The van der Waals surface area contributed by atoms with E-state index >= 15 is 0 Å². The van der Waals surface area contributed by atoms with Crippen molar-refractivity contribution in [1.29, 1.82) is 0 Å². The third kappa shape index (κ3) is 4.69. The van der Waals surface area contributed by atoms with Gasteiger partial charge in [-0.15, -0.1) is 5.10 Å². The van der Waals surface area contributed by atoms with E-state index in [9.17, 15) is 9.59 Å². The lowest BCUT2D eigenvalue weighted by atomic mass is 10.1. The summed E-state index contributed by atoms with van der Waals surface area (Å²) in [5, 5.41) is 11.6. The summed E-state index contributed by atoms with van der Waals surface area (Å²) in [6.45, 7) is 6.46. The Kier molecular flexibility index (Phi) is 5.49. The van der Waals surface area contributed by atoms with Crippen molar-refractivity contribution in [3.8, 4) is 5.82 Å². The minimum atomic E-state index is -0.215. The highest BCUT2D eigenvalue weighted by Crippen LogP contribution is 2.08. The summed E-state index contributed by atoms with van der Waals surface area (Å²) in [7, 11) is 0. The normalized spacial score (nSPS) is 10.8. The molecule has 2 heterocycles. The molecule has 0 fully saturated rings. The summed E-state index contributed by atoms with van der Waals surface area (Å²) < 4.78 is 3.04. The van der Waals surface area contributed by atoms with E-state index in [2.05, 4.69) is 15.5 Å². The number of nitrogens with zero attached hydrogens (tertiary/aromatic N) is 4. The van der Waals surface area contributed by atoms with Crippen LogP contribution in [0.4, 0.5) is 0 Å². The van der Waals surface area contributed by atoms with Crippen molar-refractivity contribution >= 4 is 5.91 Å². The minimum absolute atomic E-state index is 0.0802. The molecular formula is C20H23N5O2. The molecule has 1 N–H and O–H groups in total. The molecule has 1 amide bonds. The van der Waals surface area contributed by atoms with Crippen LogP contribution >= 0.6 is 0 Å². The Labute approximate surface area is 157 Å². The second-order valence-corrected chi connectivity index (χ2v) is 6.61. The molecule has 0 saturated heterocycles.